The smallest absolute Gasteiger partial charge is 0.278 e. The van der Waals surface area contributed by atoms with Crippen molar-refractivity contribution in [3.8, 4) is 0 Å². The summed E-state index contributed by atoms with van der Waals surface area (Å²) in [6.07, 6.45) is 4.79. The average Bonchev–Trinajstić information content (AvgIpc) is 2.69. The van der Waals surface area contributed by atoms with Gasteiger partial charge < -0.3 is 15.0 Å². The topological polar surface area (TPSA) is 77.2 Å². The van der Waals surface area contributed by atoms with E-state index in [1.807, 2.05) is 0 Å². The third kappa shape index (κ3) is 2.59. The van der Waals surface area contributed by atoms with Crippen LogP contribution in [0.1, 0.15) is 20.3 Å². The number of amides is 1. The van der Waals surface area contributed by atoms with Crippen LogP contribution in [0.3, 0.4) is 0 Å². The maximum Gasteiger partial charge on any atom is 0.278 e. The number of alkyl halides is 2. The van der Waals surface area contributed by atoms with E-state index in [4.69, 9.17) is 38.8 Å². The molecule has 5 nitrogen and oxygen atoms in total. The summed E-state index contributed by atoms with van der Waals surface area (Å²) in [5.74, 6) is -3.63. The van der Waals surface area contributed by atoms with E-state index in [1.165, 1.54) is 0 Å². The van der Waals surface area contributed by atoms with E-state index in [2.05, 4.69) is 0 Å². The SMILES string of the molecule is CC(N1CC2(C(=N)Cl)C=CC2C1=O)[C@@]1(C=N)CC(Cl)=C1OCC(C)(F)F. The quantitative estimate of drug-likeness (QED) is 0.499. The summed E-state index contributed by atoms with van der Waals surface area (Å²) >= 11 is 12.0. The number of nitrogens with zero attached hydrogens (tertiary/aromatic N) is 1. The number of rotatable bonds is 7. The van der Waals surface area contributed by atoms with Crippen LogP contribution in [0.5, 0.6) is 0 Å². The lowest BCUT2D eigenvalue weighted by molar-refractivity contribution is -0.134. The molecule has 0 aromatic carbocycles. The lowest BCUT2D eigenvalue weighted by Gasteiger charge is -2.47. The van der Waals surface area contributed by atoms with Crippen LogP contribution in [0, 0.1) is 27.6 Å². The van der Waals surface area contributed by atoms with Gasteiger partial charge in [-0.1, -0.05) is 35.4 Å². The third-order valence-electron chi connectivity index (χ3n) is 5.59. The molecule has 2 aliphatic carbocycles. The highest BCUT2D eigenvalue weighted by molar-refractivity contribution is 6.66. The second kappa shape index (κ2) is 6.02. The number of allylic oxidation sites excluding steroid dienone is 1. The van der Waals surface area contributed by atoms with E-state index in [0.29, 0.717) is 0 Å². The monoisotopic (exact) mass is 405 g/mol. The number of carbonyl (C=O) groups excluding carboxylic acids is 1. The van der Waals surface area contributed by atoms with Gasteiger partial charge in [0.15, 0.2) is 6.61 Å². The molecule has 0 bridgehead atoms. The van der Waals surface area contributed by atoms with Gasteiger partial charge in [0, 0.05) is 32.1 Å². The van der Waals surface area contributed by atoms with Crippen molar-refractivity contribution in [2.45, 2.75) is 32.2 Å². The standard InChI is InChI=1S/C17H19Cl2F2N3O2/c1-9(24-7-16(14(19)23)4-3-10(16)13(24)25)17(6-22)5-11(18)12(17)26-8-15(2,20)21/h3-4,6,9-10,22-23H,5,7-8H2,1-2H3/t9?,10?,16?,17-/m0/s1. The zero-order valence-corrected chi connectivity index (χ0v) is 15.8. The number of halogens is 4. The zero-order chi connectivity index (χ0) is 19.5. The largest absolute Gasteiger partial charge is 0.489 e. The molecule has 0 radical (unpaired) electrons. The first-order valence-corrected chi connectivity index (χ1v) is 8.90. The number of hydrogen-bond acceptors (Lipinski definition) is 4. The molecule has 3 aliphatic rings. The fourth-order valence-electron chi connectivity index (χ4n) is 3.85. The molecule has 0 saturated carbocycles. The van der Waals surface area contributed by atoms with Crippen molar-refractivity contribution in [2.75, 3.05) is 13.2 Å². The van der Waals surface area contributed by atoms with Crippen LogP contribution in [0.4, 0.5) is 8.78 Å². The second-order valence-electron chi connectivity index (χ2n) is 7.29. The predicted molar refractivity (Wildman–Crippen MR) is 95.1 cm³/mol. The number of nitrogens with one attached hydrogen (secondary N) is 2. The van der Waals surface area contributed by atoms with Gasteiger partial charge in [0.1, 0.15) is 10.9 Å². The number of ether oxygens (including phenoxy) is 1. The second-order valence-corrected chi connectivity index (χ2v) is 8.12. The van der Waals surface area contributed by atoms with E-state index in [0.717, 1.165) is 13.1 Å². The summed E-state index contributed by atoms with van der Waals surface area (Å²) in [5.41, 5.74) is -1.89. The molecule has 26 heavy (non-hydrogen) atoms. The van der Waals surface area contributed by atoms with Crippen LogP contribution >= 0.6 is 23.2 Å². The van der Waals surface area contributed by atoms with Gasteiger partial charge in [0.05, 0.1) is 21.8 Å². The van der Waals surface area contributed by atoms with Crippen LogP contribution in [0.25, 0.3) is 0 Å². The Hall–Kier alpha value is -1.47. The van der Waals surface area contributed by atoms with E-state index in [1.54, 1.807) is 24.0 Å². The molecule has 1 saturated heterocycles. The van der Waals surface area contributed by atoms with Crippen molar-refractivity contribution >= 4 is 40.5 Å². The minimum absolute atomic E-state index is 0.109. The number of hydrogen-bond donors (Lipinski definition) is 2. The molecule has 0 aromatic heterocycles. The van der Waals surface area contributed by atoms with Gasteiger partial charge in [-0.25, -0.2) is 8.78 Å². The maximum atomic E-state index is 13.2. The Morgan fingerprint density at radius 3 is 2.65 bits per heavy atom. The summed E-state index contributed by atoms with van der Waals surface area (Å²) in [5, 5.41) is 15.8. The van der Waals surface area contributed by atoms with E-state index >= 15 is 0 Å². The van der Waals surface area contributed by atoms with Crippen LogP contribution in [0.2, 0.25) is 0 Å². The third-order valence-corrected chi connectivity index (χ3v) is 6.25. The molecule has 1 fully saturated rings. The highest BCUT2D eigenvalue weighted by Crippen LogP contribution is 2.55. The van der Waals surface area contributed by atoms with Gasteiger partial charge in [-0.2, -0.15) is 0 Å². The number of fused-ring (bicyclic) bond motifs is 1. The fraction of sp³-hybridized carbons (Fsp3) is 0.588. The molecule has 3 rings (SSSR count). The summed E-state index contributed by atoms with van der Waals surface area (Å²) in [7, 11) is 0. The van der Waals surface area contributed by atoms with Crippen LogP contribution in [0.15, 0.2) is 22.9 Å². The molecule has 1 amide bonds. The molecule has 1 aliphatic heterocycles. The first kappa shape index (κ1) is 19.3. The number of carbonyl (C=O) groups is 1. The molecule has 2 N–H and O–H groups in total. The van der Waals surface area contributed by atoms with Crippen LogP contribution in [-0.4, -0.2) is 47.3 Å². The van der Waals surface area contributed by atoms with Gasteiger partial charge in [-0.15, -0.1) is 0 Å². The highest BCUT2D eigenvalue weighted by Gasteiger charge is 2.61. The predicted octanol–water partition coefficient (Wildman–Crippen LogP) is 3.77. The molecule has 1 heterocycles. The van der Waals surface area contributed by atoms with Crippen molar-refractivity contribution < 1.29 is 18.3 Å². The highest BCUT2D eigenvalue weighted by atomic mass is 35.5. The zero-order valence-electron chi connectivity index (χ0n) is 14.3. The van der Waals surface area contributed by atoms with E-state index < -0.39 is 35.3 Å². The Balaban J connectivity index is 1.85. The Morgan fingerprint density at radius 1 is 1.62 bits per heavy atom. The van der Waals surface area contributed by atoms with Crippen molar-refractivity contribution in [3.63, 3.8) is 0 Å². The minimum Gasteiger partial charge on any atom is -0.489 e. The van der Waals surface area contributed by atoms with Crippen molar-refractivity contribution in [3.05, 3.63) is 22.9 Å². The van der Waals surface area contributed by atoms with Crippen LogP contribution < -0.4 is 0 Å². The number of likely N-dealkylation sites (tertiary alicyclic amines) is 1. The van der Waals surface area contributed by atoms with Crippen molar-refractivity contribution in [1.82, 2.24) is 4.90 Å². The molecule has 3 unspecified atom stereocenters. The van der Waals surface area contributed by atoms with E-state index in [9.17, 15) is 13.6 Å². The first-order valence-electron chi connectivity index (χ1n) is 8.14. The molecule has 0 spiro atoms. The molecule has 142 valence electrons. The summed E-state index contributed by atoms with van der Waals surface area (Å²) in [6.45, 7) is 1.82. The van der Waals surface area contributed by atoms with Gasteiger partial charge in [0.25, 0.3) is 5.92 Å². The average molecular weight is 406 g/mol. The molecular formula is C17H19Cl2F2N3O2. The molecule has 0 aromatic rings. The van der Waals surface area contributed by atoms with Crippen LogP contribution in [-0.2, 0) is 9.53 Å². The first-order chi connectivity index (χ1) is 12.0. The van der Waals surface area contributed by atoms with Crippen molar-refractivity contribution in [2.24, 2.45) is 16.7 Å². The van der Waals surface area contributed by atoms with Gasteiger partial charge >= 0.3 is 0 Å². The van der Waals surface area contributed by atoms with E-state index in [-0.39, 0.29) is 34.8 Å². The Morgan fingerprint density at radius 2 is 2.27 bits per heavy atom. The lowest BCUT2D eigenvalue weighted by atomic mass is 9.68. The Bertz CT molecular complexity index is 749. The van der Waals surface area contributed by atoms with Gasteiger partial charge in [-0.05, 0) is 6.92 Å². The normalized spacial score (nSPS) is 34.2. The molecular weight excluding hydrogens is 387 g/mol. The summed E-state index contributed by atoms with van der Waals surface area (Å²) in [6, 6.07) is -0.546. The van der Waals surface area contributed by atoms with Crippen molar-refractivity contribution in [1.29, 1.82) is 10.8 Å². The minimum atomic E-state index is -3.04. The molecule has 9 heteroatoms. The Labute approximate surface area is 160 Å². The maximum absolute atomic E-state index is 13.2. The summed E-state index contributed by atoms with van der Waals surface area (Å²) in [4.78, 5) is 14.3. The van der Waals surface area contributed by atoms with Gasteiger partial charge in [0.2, 0.25) is 5.91 Å². The molecule has 4 atom stereocenters. The fourth-order valence-corrected chi connectivity index (χ4v) is 4.54. The lowest BCUT2D eigenvalue weighted by Crippen LogP contribution is -2.53. The van der Waals surface area contributed by atoms with Gasteiger partial charge in [-0.3, -0.25) is 10.2 Å². The Kier molecular flexibility index (Phi) is 4.47. The summed E-state index contributed by atoms with van der Waals surface area (Å²) < 4.78 is 31.6.